The molecular weight excluding hydrogens is 598 g/mol. The highest BCUT2D eigenvalue weighted by Gasteiger charge is 2.29. The SMILES string of the molecule is CCCCCCC(=O)O[C@H](COC(C)=O)COP(=O)(O)OC[C@H](O)COP(=O)(O)OC[C@@H](COC(C)=O)OC(C)=O. The predicted octanol–water partition coefficient (Wildman–Crippen LogP) is 1.55. The van der Waals surface area contributed by atoms with Gasteiger partial charge < -0.3 is 33.8 Å². The number of carbonyl (C=O) groups excluding carboxylic acids is 4. The Balaban J connectivity index is 4.69. The average molecular weight is 638 g/mol. The van der Waals surface area contributed by atoms with E-state index in [4.69, 9.17) is 18.7 Å². The second kappa shape index (κ2) is 20.9. The molecule has 0 saturated carbocycles. The number of phosphoric ester groups is 2. The quantitative estimate of drug-likeness (QED) is 0.0623. The van der Waals surface area contributed by atoms with Gasteiger partial charge in [0.1, 0.15) is 19.3 Å². The zero-order valence-electron chi connectivity index (χ0n) is 23.5. The largest absolute Gasteiger partial charge is 0.472 e. The fraction of sp³-hybridized carbons (Fsp3) is 0.818. The summed E-state index contributed by atoms with van der Waals surface area (Å²) in [7, 11) is -9.66. The fourth-order valence-corrected chi connectivity index (χ4v) is 4.25. The van der Waals surface area contributed by atoms with Crippen molar-refractivity contribution >= 4 is 39.5 Å². The lowest BCUT2D eigenvalue weighted by atomic mass is 10.1. The minimum Gasteiger partial charge on any atom is -0.462 e. The van der Waals surface area contributed by atoms with Crippen molar-refractivity contribution in [3.05, 3.63) is 0 Å². The lowest BCUT2D eigenvalue weighted by molar-refractivity contribution is -0.160. The van der Waals surface area contributed by atoms with Crippen LogP contribution in [0, 0.1) is 0 Å². The maximum atomic E-state index is 12.2. The van der Waals surface area contributed by atoms with Crippen LogP contribution in [0.15, 0.2) is 0 Å². The number of aliphatic hydroxyl groups excluding tert-OH is 1. The molecule has 0 heterocycles. The Morgan fingerprint density at radius 3 is 1.49 bits per heavy atom. The molecule has 0 aromatic heterocycles. The molecule has 0 aromatic rings. The molecule has 0 saturated heterocycles. The fourth-order valence-electron chi connectivity index (χ4n) is 2.67. The van der Waals surface area contributed by atoms with Gasteiger partial charge in [-0.2, -0.15) is 0 Å². The number of hydrogen-bond acceptors (Lipinski definition) is 15. The molecule has 0 aliphatic heterocycles. The number of phosphoric acid groups is 2. The van der Waals surface area contributed by atoms with Crippen LogP contribution in [-0.2, 0) is 65.4 Å². The molecule has 17 nitrogen and oxygen atoms in total. The Labute approximate surface area is 237 Å². The first-order valence-electron chi connectivity index (χ1n) is 12.6. The number of aliphatic hydroxyl groups is 1. The third-order valence-electron chi connectivity index (χ3n) is 4.52. The maximum absolute atomic E-state index is 12.2. The first-order chi connectivity index (χ1) is 19.0. The zero-order chi connectivity index (χ0) is 31.5. The van der Waals surface area contributed by atoms with Gasteiger partial charge in [-0.3, -0.25) is 37.3 Å². The van der Waals surface area contributed by atoms with Crippen LogP contribution in [-0.4, -0.2) is 96.7 Å². The summed E-state index contributed by atoms with van der Waals surface area (Å²) in [5, 5.41) is 9.90. The molecule has 19 heteroatoms. The van der Waals surface area contributed by atoms with Crippen LogP contribution in [0.5, 0.6) is 0 Å². The van der Waals surface area contributed by atoms with E-state index in [1.165, 1.54) is 0 Å². The summed E-state index contributed by atoms with van der Waals surface area (Å²) in [6, 6.07) is 0. The highest BCUT2D eigenvalue weighted by Crippen LogP contribution is 2.45. The maximum Gasteiger partial charge on any atom is 0.472 e. The first-order valence-corrected chi connectivity index (χ1v) is 15.6. The molecule has 0 radical (unpaired) electrons. The second-order valence-corrected chi connectivity index (χ2v) is 11.4. The summed E-state index contributed by atoms with van der Waals surface area (Å²) in [6.45, 7) is 1.17. The number of hydrogen-bond donors (Lipinski definition) is 3. The third kappa shape index (κ3) is 23.3. The van der Waals surface area contributed by atoms with Crippen molar-refractivity contribution in [3.63, 3.8) is 0 Å². The van der Waals surface area contributed by atoms with E-state index < -0.39 is 97.5 Å². The highest BCUT2D eigenvalue weighted by atomic mass is 31.2. The van der Waals surface area contributed by atoms with Crippen LogP contribution in [0.25, 0.3) is 0 Å². The summed E-state index contributed by atoms with van der Waals surface area (Å²) in [4.78, 5) is 64.8. The number of unbranched alkanes of at least 4 members (excludes halogenated alkanes) is 3. The minimum atomic E-state index is -4.84. The summed E-state index contributed by atoms with van der Waals surface area (Å²) in [5.41, 5.74) is 0. The molecule has 0 aliphatic carbocycles. The van der Waals surface area contributed by atoms with Crippen molar-refractivity contribution in [1.29, 1.82) is 0 Å². The minimum absolute atomic E-state index is 0.0884. The van der Waals surface area contributed by atoms with E-state index in [1.807, 2.05) is 6.92 Å². The molecule has 0 rings (SSSR count). The Bertz CT molecular complexity index is 911. The third-order valence-corrected chi connectivity index (χ3v) is 6.42. The summed E-state index contributed by atoms with van der Waals surface area (Å²) < 4.78 is 62.2. The van der Waals surface area contributed by atoms with E-state index in [-0.39, 0.29) is 6.42 Å². The van der Waals surface area contributed by atoms with Gasteiger partial charge >= 0.3 is 39.5 Å². The van der Waals surface area contributed by atoms with Crippen molar-refractivity contribution in [2.45, 2.75) is 78.1 Å². The van der Waals surface area contributed by atoms with Crippen LogP contribution >= 0.6 is 15.6 Å². The molecule has 3 N–H and O–H groups in total. The van der Waals surface area contributed by atoms with E-state index in [9.17, 15) is 43.2 Å². The van der Waals surface area contributed by atoms with Gasteiger partial charge in [0.25, 0.3) is 0 Å². The Morgan fingerprint density at radius 2 is 1.07 bits per heavy atom. The van der Waals surface area contributed by atoms with Crippen molar-refractivity contribution in [2.24, 2.45) is 0 Å². The molecular formula is C22H40O17P2. The molecule has 0 aromatic carbocycles. The smallest absolute Gasteiger partial charge is 0.462 e. The predicted molar refractivity (Wildman–Crippen MR) is 137 cm³/mol. The summed E-state index contributed by atoms with van der Waals surface area (Å²) in [6.07, 6.45) is -0.786. The molecule has 41 heavy (non-hydrogen) atoms. The number of esters is 4. The van der Waals surface area contributed by atoms with E-state index in [1.54, 1.807) is 0 Å². The lowest BCUT2D eigenvalue weighted by Crippen LogP contribution is -2.29. The molecule has 5 atom stereocenters. The van der Waals surface area contributed by atoms with Gasteiger partial charge in [-0.15, -0.1) is 0 Å². The Kier molecular flexibility index (Phi) is 19.9. The van der Waals surface area contributed by atoms with Gasteiger partial charge in [0.2, 0.25) is 0 Å². The van der Waals surface area contributed by atoms with Gasteiger partial charge in [-0.05, 0) is 6.42 Å². The molecule has 0 bridgehead atoms. The highest BCUT2D eigenvalue weighted by molar-refractivity contribution is 7.47. The van der Waals surface area contributed by atoms with Crippen molar-refractivity contribution in [3.8, 4) is 0 Å². The molecule has 2 unspecified atom stereocenters. The van der Waals surface area contributed by atoms with Crippen LogP contribution < -0.4 is 0 Å². The van der Waals surface area contributed by atoms with E-state index in [0.29, 0.717) is 6.42 Å². The van der Waals surface area contributed by atoms with E-state index in [2.05, 4.69) is 18.3 Å². The summed E-state index contributed by atoms with van der Waals surface area (Å²) in [5.74, 6) is -2.78. The Hall–Kier alpha value is -1.94. The normalized spacial score (nSPS) is 16.4. The topological polar surface area (TPSA) is 237 Å². The van der Waals surface area contributed by atoms with Crippen molar-refractivity contribution in [1.82, 2.24) is 0 Å². The monoisotopic (exact) mass is 638 g/mol. The van der Waals surface area contributed by atoms with Gasteiger partial charge in [0.15, 0.2) is 12.2 Å². The standard InChI is InChI=1S/C22H40O17P2/c1-5-6-7-8-9-22(27)39-21(13-33-17(3)24)15-37-41(30,31)35-11-19(26)10-34-40(28,29)36-14-20(38-18(4)25)12-32-16(2)23/h19-21,26H,5-15H2,1-4H3,(H,28,29)(H,30,31)/t19-,20-,21-/m1/s1. The molecule has 240 valence electrons. The van der Waals surface area contributed by atoms with Crippen LogP contribution in [0.1, 0.15) is 59.8 Å². The van der Waals surface area contributed by atoms with Gasteiger partial charge in [-0.1, -0.05) is 26.2 Å². The van der Waals surface area contributed by atoms with E-state index in [0.717, 1.165) is 40.0 Å². The first kappa shape index (κ1) is 39.1. The molecule has 0 spiro atoms. The van der Waals surface area contributed by atoms with Crippen LogP contribution in [0.3, 0.4) is 0 Å². The average Bonchev–Trinajstić information content (AvgIpc) is 2.87. The van der Waals surface area contributed by atoms with Crippen LogP contribution in [0.2, 0.25) is 0 Å². The van der Waals surface area contributed by atoms with Crippen molar-refractivity contribution < 1.29 is 80.2 Å². The number of rotatable bonds is 23. The summed E-state index contributed by atoms with van der Waals surface area (Å²) >= 11 is 0. The zero-order valence-corrected chi connectivity index (χ0v) is 25.3. The van der Waals surface area contributed by atoms with E-state index >= 15 is 0 Å². The lowest BCUT2D eigenvalue weighted by Gasteiger charge is -2.21. The number of carbonyl (C=O) groups is 4. The molecule has 0 amide bonds. The number of ether oxygens (including phenoxy) is 4. The molecule has 0 aliphatic rings. The van der Waals surface area contributed by atoms with Crippen LogP contribution in [0.4, 0.5) is 0 Å². The van der Waals surface area contributed by atoms with Gasteiger partial charge in [0.05, 0.1) is 26.4 Å². The van der Waals surface area contributed by atoms with Gasteiger partial charge in [-0.25, -0.2) is 9.13 Å². The Morgan fingerprint density at radius 1 is 0.634 bits per heavy atom. The van der Waals surface area contributed by atoms with Gasteiger partial charge in [0, 0.05) is 27.2 Å². The second-order valence-electron chi connectivity index (χ2n) is 8.53. The molecule has 0 fully saturated rings. The van der Waals surface area contributed by atoms with Crippen molar-refractivity contribution in [2.75, 3.05) is 39.6 Å².